The van der Waals surface area contributed by atoms with Crippen molar-refractivity contribution in [3.63, 3.8) is 0 Å². The van der Waals surface area contributed by atoms with E-state index in [9.17, 15) is 4.79 Å². The van der Waals surface area contributed by atoms with E-state index < -0.39 is 5.60 Å². The summed E-state index contributed by atoms with van der Waals surface area (Å²) < 4.78 is 0. The number of nitrogens with zero attached hydrogens (tertiary/aromatic N) is 1. The van der Waals surface area contributed by atoms with Gasteiger partial charge in [-0.3, -0.25) is 4.79 Å². The van der Waals surface area contributed by atoms with Crippen LogP contribution in [0.25, 0.3) is 0 Å². The van der Waals surface area contributed by atoms with E-state index in [-0.39, 0.29) is 11.6 Å². The first-order chi connectivity index (χ1) is 7.27. The number of carbonyl (C=O) groups excluding carboxylic acids is 1. The van der Waals surface area contributed by atoms with Gasteiger partial charge in [0, 0.05) is 25.3 Å². The van der Waals surface area contributed by atoms with Crippen LogP contribution in [-0.4, -0.2) is 28.7 Å². The predicted molar refractivity (Wildman–Crippen MR) is 50.5 cm³/mol. The summed E-state index contributed by atoms with van der Waals surface area (Å²) in [5, 5.41) is 0. The van der Waals surface area contributed by atoms with Crippen LogP contribution in [0.5, 0.6) is 0 Å². The molecule has 2 bridgehead atoms. The van der Waals surface area contributed by atoms with Crippen LogP contribution in [0.15, 0.2) is 0 Å². The lowest BCUT2D eigenvalue weighted by atomic mass is 9.77. The van der Waals surface area contributed by atoms with E-state index in [0.717, 1.165) is 45.1 Å². The maximum atomic E-state index is 12.4. The minimum Gasteiger partial charge on any atom is -0.309 e. The molecule has 0 aromatic heterocycles. The number of hydrogen-bond donors (Lipinski definition) is 0. The Hall–Kier alpha value is -0.610. The van der Waals surface area contributed by atoms with Crippen molar-refractivity contribution in [2.24, 2.45) is 5.92 Å². The van der Waals surface area contributed by atoms with Gasteiger partial charge in [-0.15, -0.1) is 0 Å². The fourth-order valence-corrected chi connectivity index (χ4v) is 3.98. The normalized spacial score (nSPS) is 52.1. The maximum absolute atomic E-state index is 12.4. The molecule has 82 valence electrons. The van der Waals surface area contributed by atoms with Gasteiger partial charge in [-0.2, -0.15) is 0 Å². The van der Waals surface area contributed by atoms with Gasteiger partial charge in [0.1, 0.15) is 0 Å². The highest BCUT2D eigenvalue weighted by molar-refractivity contribution is 5.88. The number of rotatable bonds is 0. The molecule has 0 radical (unpaired) electrons. The smallest absolute Gasteiger partial charge is 0.260 e. The molecular formula is C11H15NO3. The van der Waals surface area contributed by atoms with Crippen LogP contribution in [0.4, 0.5) is 0 Å². The molecule has 4 aliphatic heterocycles. The first-order valence-corrected chi connectivity index (χ1v) is 5.96. The molecule has 3 atom stereocenters. The van der Waals surface area contributed by atoms with Crippen molar-refractivity contribution < 1.29 is 14.6 Å². The zero-order valence-corrected chi connectivity index (χ0v) is 8.70. The molecule has 1 saturated carbocycles. The van der Waals surface area contributed by atoms with Gasteiger partial charge in [0.2, 0.25) is 0 Å². The first-order valence-electron chi connectivity index (χ1n) is 5.96. The summed E-state index contributed by atoms with van der Waals surface area (Å²) in [6, 6.07) is 0. The molecule has 0 N–H and O–H groups in total. The molecule has 2 spiro atoms. The molecule has 5 fully saturated rings. The molecule has 0 aromatic rings. The fraction of sp³-hybridized carbons (Fsp3) is 0.909. The van der Waals surface area contributed by atoms with Gasteiger partial charge in [0.15, 0.2) is 11.3 Å². The minimum absolute atomic E-state index is 0.208. The van der Waals surface area contributed by atoms with Gasteiger partial charge in [0.05, 0.1) is 0 Å². The van der Waals surface area contributed by atoms with Crippen LogP contribution in [-0.2, 0) is 14.6 Å². The quantitative estimate of drug-likeness (QED) is 0.563. The zero-order valence-electron chi connectivity index (χ0n) is 8.70. The molecule has 1 aliphatic carbocycles. The third-order valence-electron chi connectivity index (χ3n) is 4.72. The monoisotopic (exact) mass is 209 g/mol. The fourth-order valence-electron chi connectivity index (χ4n) is 3.98. The Bertz CT molecular complexity index is 345. The van der Waals surface area contributed by atoms with E-state index in [1.54, 1.807) is 0 Å². The molecule has 4 heterocycles. The summed E-state index contributed by atoms with van der Waals surface area (Å²) in [6.07, 6.45) is 6.08. The molecule has 5 aliphatic rings. The molecule has 15 heavy (non-hydrogen) atoms. The number of amides is 1. The van der Waals surface area contributed by atoms with E-state index in [1.165, 1.54) is 0 Å². The largest absolute Gasteiger partial charge is 0.309 e. The molecule has 1 unspecified atom stereocenters. The van der Waals surface area contributed by atoms with Crippen LogP contribution in [0.3, 0.4) is 0 Å². The van der Waals surface area contributed by atoms with Crippen LogP contribution in [0, 0.1) is 5.92 Å². The van der Waals surface area contributed by atoms with Gasteiger partial charge in [-0.25, -0.2) is 9.78 Å². The second kappa shape index (κ2) is 2.38. The SMILES string of the molecule is O=C1N2CCC[C@]23CC2CCC[C@]12OO3. The summed E-state index contributed by atoms with van der Waals surface area (Å²) in [5.74, 6) is 0.619. The Balaban J connectivity index is 1.85. The maximum Gasteiger partial charge on any atom is 0.260 e. The number of hydrogen-bond acceptors (Lipinski definition) is 3. The Morgan fingerprint density at radius 1 is 1.27 bits per heavy atom. The van der Waals surface area contributed by atoms with Gasteiger partial charge < -0.3 is 4.90 Å². The van der Waals surface area contributed by atoms with Gasteiger partial charge >= 0.3 is 0 Å². The summed E-state index contributed by atoms with van der Waals surface area (Å²) in [4.78, 5) is 25.4. The Labute approximate surface area is 88.4 Å². The summed E-state index contributed by atoms with van der Waals surface area (Å²) in [5.41, 5.74) is -0.972. The standard InChI is InChI=1S/C11H15NO3/c13-9-11-5-1-3-8(11)7-10(14-15-11)4-2-6-12(9)10/h8H,1-7H2/t8?,10-,11+/m0/s1. The van der Waals surface area contributed by atoms with Crippen molar-refractivity contribution in [3.8, 4) is 0 Å². The van der Waals surface area contributed by atoms with Gasteiger partial charge in [0.25, 0.3) is 5.91 Å². The van der Waals surface area contributed by atoms with Crippen LogP contribution < -0.4 is 0 Å². The first kappa shape index (κ1) is 8.53. The molecule has 4 heteroatoms. The average Bonchev–Trinajstić information content (AvgIpc) is 2.82. The Kier molecular flexibility index (Phi) is 1.35. The number of piperidine rings is 1. The van der Waals surface area contributed by atoms with Crippen molar-refractivity contribution in [2.45, 2.75) is 49.9 Å². The van der Waals surface area contributed by atoms with Crippen molar-refractivity contribution in [3.05, 3.63) is 0 Å². The highest BCUT2D eigenvalue weighted by atomic mass is 17.2. The van der Waals surface area contributed by atoms with Crippen LogP contribution in [0.1, 0.15) is 38.5 Å². The van der Waals surface area contributed by atoms with E-state index in [1.807, 2.05) is 4.90 Å². The second-order valence-electron chi connectivity index (χ2n) is 5.36. The minimum atomic E-state index is -0.591. The highest BCUT2D eigenvalue weighted by Gasteiger charge is 2.69. The lowest BCUT2D eigenvalue weighted by Crippen LogP contribution is -2.70. The van der Waals surface area contributed by atoms with E-state index in [4.69, 9.17) is 9.78 Å². The topological polar surface area (TPSA) is 38.8 Å². The summed E-state index contributed by atoms with van der Waals surface area (Å²) in [7, 11) is 0. The van der Waals surface area contributed by atoms with E-state index in [2.05, 4.69) is 0 Å². The highest BCUT2D eigenvalue weighted by Crippen LogP contribution is 2.57. The second-order valence-corrected chi connectivity index (χ2v) is 5.36. The van der Waals surface area contributed by atoms with E-state index in [0.29, 0.717) is 5.92 Å². The van der Waals surface area contributed by atoms with Crippen molar-refractivity contribution in [1.29, 1.82) is 0 Å². The molecule has 4 nitrogen and oxygen atoms in total. The number of fused-ring (bicyclic) bond motifs is 1. The average molecular weight is 209 g/mol. The lowest BCUT2D eigenvalue weighted by Gasteiger charge is -2.55. The Morgan fingerprint density at radius 3 is 3.13 bits per heavy atom. The number of carbonyl (C=O) groups is 1. The predicted octanol–water partition coefficient (Wildman–Crippen LogP) is 1.21. The zero-order chi connectivity index (χ0) is 10.1. The summed E-state index contributed by atoms with van der Waals surface area (Å²) >= 11 is 0. The lowest BCUT2D eigenvalue weighted by molar-refractivity contribution is -0.480. The van der Waals surface area contributed by atoms with Crippen LogP contribution in [0.2, 0.25) is 0 Å². The van der Waals surface area contributed by atoms with Gasteiger partial charge in [-0.05, 0) is 25.7 Å². The molecule has 4 saturated heterocycles. The molecule has 0 aromatic carbocycles. The van der Waals surface area contributed by atoms with Crippen LogP contribution >= 0.6 is 0 Å². The third-order valence-corrected chi connectivity index (χ3v) is 4.72. The van der Waals surface area contributed by atoms with Crippen molar-refractivity contribution in [2.75, 3.05) is 6.54 Å². The van der Waals surface area contributed by atoms with Crippen molar-refractivity contribution >= 4 is 5.91 Å². The van der Waals surface area contributed by atoms with Crippen molar-refractivity contribution in [1.82, 2.24) is 4.90 Å². The van der Waals surface area contributed by atoms with E-state index >= 15 is 0 Å². The molecule has 5 rings (SSSR count). The molecular weight excluding hydrogens is 194 g/mol. The Morgan fingerprint density at radius 2 is 2.20 bits per heavy atom. The third kappa shape index (κ3) is 0.773. The molecule has 1 amide bonds. The van der Waals surface area contributed by atoms with Gasteiger partial charge in [-0.1, -0.05) is 0 Å². The summed E-state index contributed by atoms with van der Waals surface area (Å²) in [6.45, 7) is 0.858.